The maximum atomic E-state index is 11.4. The largest absolute Gasteiger partial charge is 0.507 e. The molecule has 78 valence electrons. The first-order chi connectivity index (χ1) is 7.15. The van der Waals surface area contributed by atoms with Crippen LogP contribution in [0.2, 0.25) is 0 Å². The van der Waals surface area contributed by atoms with Crippen molar-refractivity contribution in [2.24, 2.45) is 0 Å². The van der Waals surface area contributed by atoms with Gasteiger partial charge >= 0.3 is 5.97 Å². The standard InChI is InChI=1S/C10H8BrNO3/c1-15-10(14)5-4-12-6-2-3-7(13)9(11)8(5)6/h2-4,12-13H,1H3. The first kappa shape index (κ1) is 10.0. The smallest absolute Gasteiger partial charge is 0.340 e. The van der Waals surface area contributed by atoms with Crippen LogP contribution in [0.25, 0.3) is 10.9 Å². The number of rotatable bonds is 1. The second-order valence-corrected chi connectivity index (χ2v) is 3.81. The normalized spacial score (nSPS) is 10.5. The van der Waals surface area contributed by atoms with E-state index in [1.54, 1.807) is 18.3 Å². The Labute approximate surface area is 94.0 Å². The van der Waals surface area contributed by atoms with Crippen LogP contribution in [0.3, 0.4) is 0 Å². The minimum absolute atomic E-state index is 0.0900. The molecule has 2 rings (SSSR count). The van der Waals surface area contributed by atoms with E-state index in [0.29, 0.717) is 15.4 Å². The van der Waals surface area contributed by atoms with Crippen molar-refractivity contribution in [2.45, 2.75) is 0 Å². The monoisotopic (exact) mass is 269 g/mol. The number of aromatic hydroxyl groups is 1. The minimum Gasteiger partial charge on any atom is -0.507 e. The van der Waals surface area contributed by atoms with Gasteiger partial charge in [-0.25, -0.2) is 4.79 Å². The van der Waals surface area contributed by atoms with E-state index in [4.69, 9.17) is 0 Å². The number of H-pyrrole nitrogens is 1. The summed E-state index contributed by atoms with van der Waals surface area (Å²) in [6.07, 6.45) is 1.56. The molecule has 1 heterocycles. The highest BCUT2D eigenvalue weighted by atomic mass is 79.9. The first-order valence-electron chi connectivity index (χ1n) is 4.22. The molecule has 15 heavy (non-hydrogen) atoms. The Balaban J connectivity index is 2.77. The number of methoxy groups -OCH3 is 1. The lowest BCUT2D eigenvalue weighted by atomic mass is 10.1. The molecule has 0 aliphatic heterocycles. The highest BCUT2D eigenvalue weighted by Crippen LogP contribution is 2.34. The van der Waals surface area contributed by atoms with Crippen LogP contribution in [0.5, 0.6) is 5.75 Å². The molecule has 0 fully saturated rings. The van der Waals surface area contributed by atoms with Gasteiger partial charge in [0.15, 0.2) is 0 Å². The fourth-order valence-corrected chi connectivity index (χ4v) is 2.00. The molecule has 2 aromatic rings. The Bertz CT molecular complexity index is 533. The minimum atomic E-state index is -0.437. The van der Waals surface area contributed by atoms with Gasteiger partial charge in [0.05, 0.1) is 17.1 Å². The number of phenols is 1. The summed E-state index contributed by atoms with van der Waals surface area (Å²) in [6, 6.07) is 3.24. The topological polar surface area (TPSA) is 62.3 Å². The number of aromatic nitrogens is 1. The molecule has 0 amide bonds. The lowest BCUT2D eigenvalue weighted by Gasteiger charge is -2.01. The van der Waals surface area contributed by atoms with Gasteiger partial charge in [0.2, 0.25) is 0 Å². The van der Waals surface area contributed by atoms with Crippen molar-refractivity contribution in [2.75, 3.05) is 7.11 Å². The van der Waals surface area contributed by atoms with Crippen molar-refractivity contribution in [1.82, 2.24) is 4.98 Å². The van der Waals surface area contributed by atoms with E-state index in [-0.39, 0.29) is 5.75 Å². The van der Waals surface area contributed by atoms with Gasteiger partial charge in [0.25, 0.3) is 0 Å². The third-order valence-corrected chi connectivity index (χ3v) is 2.97. The predicted octanol–water partition coefficient (Wildman–Crippen LogP) is 2.42. The Morgan fingerprint density at radius 1 is 1.53 bits per heavy atom. The molecule has 2 N–H and O–H groups in total. The van der Waals surface area contributed by atoms with Gasteiger partial charge in [-0.1, -0.05) is 0 Å². The number of hydrogen-bond acceptors (Lipinski definition) is 3. The zero-order chi connectivity index (χ0) is 11.0. The molecule has 0 radical (unpaired) electrons. The number of fused-ring (bicyclic) bond motifs is 1. The average molecular weight is 270 g/mol. The molecule has 0 unspecified atom stereocenters. The summed E-state index contributed by atoms with van der Waals surface area (Å²) in [5.74, 6) is -0.347. The van der Waals surface area contributed by atoms with Gasteiger partial charge in [-0.05, 0) is 28.1 Å². The fraction of sp³-hybridized carbons (Fsp3) is 0.100. The molecule has 1 aromatic heterocycles. The summed E-state index contributed by atoms with van der Waals surface area (Å²) in [5.41, 5.74) is 1.16. The molecule has 4 nitrogen and oxygen atoms in total. The van der Waals surface area contributed by atoms with Gasteiger partial charge in [-0.2, -0.15) is 0 Å². The lowest BCUT2D eigenvalue weighted by Crippen LogP contribution is -1.99. The van der Waals surface area contributed by atoms with Gasteiger partial charge in [-0.15, -0.1) is 0 Å². The van der Waals surface area contributed by atoms with E-state index < -0.39 is 5.97 Å². The van der Waals surface area contributed by atoms with Crippen molar-refractivity contribution >= 4 is 32.8 Å². The molecule has 0 atom stereocenters. The van der Waals surface area contributed by atoms with Crippen molar-refractivity contribution in [1.29, 1.82) is 0 Å². The summed E-state index contributed by atoms with van der Waals surface area (Å²) in [4.78, 5) is 14.3. The Morgan fingerprint density at radius 3 is 2.93 bits per heavy atom. The summed E-state index contributed by atoms with van der Waals surface area (Å²) in [5, 5.41) is 10.1. The van der Waals surface area contributed by atoms with Crippen molar-refractivity contribution in [3.63, 3.8) is 0 Å². The molecule has 0 saturated heterocycles. The maximum Gasteiger partial charge on any atom is 0.340 e. The first-order valence-corrected chi connectivity index (χ1v) is 5.01. The van der Waals surface area contributed by atoms with Gasteiger partial charge in [0.1, 0.15) is 5.75 Å². The van der Waals surface area contributed by atoms with Crippen LogP contribution < -0.4 is 0 Å². The van der Waals surface area contributed by atoms with E-state index in [1.807, 2.05) is 0 Å². The molecule has 0 aliphatic carbocycles. The van der Waals surface area contributed by atoms with Crippen LogP contribution in [0.1, 0.15) is 10.4 Å². The van der Waals surface area contributed by atoms with Crippen molar-refractivity contribution < 1.29 is 14.6 Å². The molecule has 0 saturated carbocycles. The summed E-state index contributed by atoms with van der Waals surface area (Å²) in [6.45, 7) is 0. The second kappa shape index (κ2) is 3.58. The number of carbonyl (C=O) groups excluding carboxylic acids is 1. The number of aromatic amines is 1. The zero-order valence-corrected chi connectivity index (χ0v) is 9.46. The SMILES string of the molecule is COC(=O)c1c[nH]c2ccc(O)c(Br)c12. The van der Waals surface area contributed by atoms with Crippen LogP contribution in [0, 0.1) is 0 Å². The molecule has 0 bridgehead atoms. The van der Waals surface area contributed by atoms with E-state index in [0.717, 1.165) is 5.52 Å². The van der Waals surface area contributed by atoms with Gasteiger partial charge in [0, 0.05) is 17.1 Å². The summed E-state index contributed by atoms with van der Waals surface area (Å²) >= 11 is 3.23. The predicted molar refractivity (Wildman–Crippen MR) is 59.0 cm³/mol. The van der Waals surface area contributed by atoms with Crippen LogP contribution in [0.15, 0.2) is 22.8 Å². The fourth-order valence-electron chi connectivity index (χ4n) is 1.44. The molecular weight excluding hydrogens is 262 g/mol. The molecule has 5 heteroatoms. The number of phenolic OH excluding ortho intramolecular Hbond substituents is 1. The Hall–Kier alpha value is -1.49. The number of benzene rings is 1. The molecular formula is C10H8BrNO3. The quantitative estimate of drug-likeness (QED) is 0.782. The third-order valence-electron chi connectivity index (χ3n) is 2.17. The van der Waals surface area contributed by atoms with Gasteiger partial charge < -0.3 is 14.8 Å². The maximum absolute atomic E-state index is 11.4. The van der Waals surface area contributed by atoms with Crippen LogP contribution in [0.4, 0.5) is 0 Å². The Kier molecular flexibility index (Phi) is 2.40. The van der Waals surface area contributed by atoms with E-state index >= 15 is 0 Å². The number of hydrogen-bond donors (Lipinski definition) is 2. The molecule has 0 aliphatic rings. The highest BCUT2D eigenvalue weighted by molar-refractivity contribution is 9.10. The summed E-state index contributed by atoms with van der Waals surface area (Å²) < 4.78 is 5.12. The molecule has 1 aromatic carbocycles. The highest BCUT2D eigenvalue weighted by Gasteiger charge is 2.16. The van der Waals surface area contributed by atoms with E-state index in [2.05, 4.69) is 25.7 Å². The van der Waals surface area contributed by atoms with E-state index in [1.165, 1.54) is 7.11 Å². The second-order valence-electron chi connectivity index (χ2n) is 3.02. The molecule has 0 spiro atoms. The van der Waals surface area contributed by atoms with Gasteiger partial charge in [-0.3, -0.25) is 0 Å². The van der Waals surface area contributed by atoms with Crippen LogP contribution in [-0.4, -0.2) is 23.2 Å². The number of nitrogens with one attached hydrogen (secondary N) is 1. The van der Waals surface area contributed by atoms with Crippen LogP contribution >= 0.6 is 15.9 Å². The zero-order valence-electron chi connectivity index (χ0n) is 7.87. The number of ether oxygens (including phenoxy) is 1. The third kappa shape index (κ3) is 1.48. The Morgan fingerprint density at radius 2 is 2.27 bits per heavy atom. The van der Waals surface area contributed by atoms with Crippen molar-refractivity contribution in [3.05, 3.63) is 28.4 Å². The van der Waals surface area contributed by atoms with E-state index in [9.17, 15) is 9.90 Å². The average Bonchev–Trinajstić information content (AvgIpc) is 2.67. The number of carbonyl (C=O) groups is 1. The van der Waals surface area contributed by atoms with Crippen molar-refractivity contribution in [3.8, 4) is 5.75 Å². The number of halogens is 1. The summed E-state index contributed by atoms with van der Waals surface area (Å²) in [7, 11) is 1.32. The lowest BCUT2D eigenvalue weighted by molar-refractivity contribution is 0.0603. The number of esters is 1. The van der Waals surface area contributed by atoms with Crippen LogP contribution in [-0.2, 0) is 4.74 Å².